The Hall–Kier alpha value is -2.54. The summed E-state index contributed by atoms with van der Waals surface area (Å²) in [6.45, 7) is 0.389. The van der Waals surface area contributed by atoms with Gasteiger partial charge < -0.3 is 24.8 Å². The Morgan fingerprint density at radius 2 is 2.13 bits per heavy atom. The highest BCUT2D eigenvalue weighted by atomic mass is 16.5. The summed E-state index contributed by atoms with van der Waals surface area (Å²) in [5.41, 5.74) is 1.23. The zero-order valence-electron chi connectivity index (χ0n) is 12.7. The summed E-state index contributed by atoms with van der Waals surface area (Å²) in [6, 6.07) is 7.19. The molecule has 1 aliphatic rings. The number of hydrogen-bond donors (Lipinski definition) is 3. The molecule has 0 spiro atoms. The molecule has 2 heterocycles. The highest BCUT2D eigenvalue weighted by Crippen LogP contribution is 2.25. The van der Waals surface area contributed by atoms with E-state index < -0.39 is 18.0 Å². The number of carboxylic acid groups (broad SMARTS) is 1. The fraction of sp³-hybridized carbons (Fsp3) is 0.375. The SMILES string of the molecule is COc1ccc2[nH]c(C(=O)N3C[C@@H](CC(=O)O)[C@H](O)C3)cc2c1. The van der Waals surface area contributed by atoms with Crippen LogP contribution in [0.25, 0.3) is 10.9 Å². The van der Waals surface area contributed by atoms with Gasteiger partial charge in [-0.2, -0.15) is 0 Å². The molecule has 7 heteroatoms. The van der Waals surface area contributed by atoms with Crippen molar-refractivity contribution in [3.8, 4) is 5.75 Å². The van der Waals surface area contributed by atoms with Crippen molar-refractivity contribution in [2.75, 3.05) is 20.2 Å². The van der Waals surface area contributed by atoms with Crippen molar-refractivity contribution in [1.29, 1.82) is 0 Å². The van der Waals surface area contributed by atoms with Gasteiger partial charge in [-0.25, -0.2) is 0 Å². The zero-order chi connectivity index (χ0) is 16.6. The van der Waals surface area contributed by atoms with E-state index in [0.29, 0.717) is 11.4 Å². The van der Waals surface area contributed by atoms with Crippen LogP contribution in [0.1, 0.15) is 16.9 Å². The summed E-state index contributed by atoms with van der Waals surface area (Å²) in [5.74, 6) is -0.942. The van der Waals surface area contributed by atoms with Gasteiger partial charge in [0.15, 0.2) is 0 Å². The van der Waals surface area contributed by atoms with Crippen LogP contribution in [0.5, 0.6) is 5.75 Å². The van der Waals surface area contributed by atoms with Gasteiger partial charge in [0, 0.05) is 29.9 Å². The fourth-order valence-corrected chi connectivity index (χ4v) is 2.97. The van der Waals surface area contributed by atoms with E-state index >= 15 is 0 Å². The zero-order valence-corrected chi connectivity index (χ0v) is 12.7. The van der Waals surface area contributed by atoms with Crippen LogP contribution >= 0.6 is 0 Å². The monoisotopic (exact) mass is 318 g/mol. The number of ether oxygens (including phenoxy) is 1. The van der Waals surface area contributed by atoms with Gasteiger partial charge in [0.25, 0.3) is 5.91 Å². The number of carbonyl (C=O) groups excluding carboxylic acids is 1. The Morgan fingerprint density at radius 3 is 2.83 bits per heavy atom. The van der Waals surface area contributed by atoms with Crippen LogP contribution in [0, 0.1) is 5.92 Å². The number of rotatable bonds is 4. The molecule has 0 aliphatic carbocycles. The lowest BCUT2D eigenvalue weighted by Gasteiger charge is -2.14. The summed E-state index contributed by atoms with van der Waals surface area (Å²) in [4.78, 5) is 27.9. The maximum atomic E-state index is 12.6. The third-order valence-electron chi connectivity index (χ3n) is 4.19. The highest BCUT2D eigenvalue weighted by molar-refractivity contribution is 5.98. The van der Waals surface area contributed by atoms with Crippen LogP contribution in [-0.2, 0) is 4.79 Å². The lowest BCUT2D eigenvalue weighted by atomic mass is 10.0. The Balaban J connectivity index is 1.79. The number of carbonyl (C=O) groups is 2. The number of aliphatic hydroxyl groups is 1. The molecule has 1 aliphatic heterocycles. The van der Waals surface area contributed by atoms with E-state index in [9.17, 15) is 14.7 Å². The first-order valence-corrected chi connectivity index (χ1v) is 7.34. The molecule has 1 fully saturated rings. The number of amides is 1. The standard InChI is InChI=1S/C16H18N2O5/c1-23-11-2-3-12-9(4-11)5-13(17-12)16(22)18-7-10(6-15(20)21)14(19)8-18/h2-5,10,14,17,19H,6-8H2,1H3,(H,20,21)/t10-,14-/m1/s1. The van der Waals surface area contributed by atoms with Crippen molar-refractivity contribution in [2.24, 2.45) is 5.92 Å². The summed E-state index contributed by atoms with van der Waals surface area (Å²) >= 11 is 0. The van der Waals surface area contributed by atoms with E-state index in [4.69, 9.17) is 9.84 Å². The summed E-state index contributed by atoms with van der Waals surface area (Å²) < 4.78 is 5.16. The van der Waals surface area contributed by atoms with E-state index in [1.54, 1.807) is 19.2 Å². The lowest BCUT2D eigenvalue weighted by molar-refractivity contribution is -0.138. The summed E-state index contributed by atoms with van der Waals surface area (Å²) in [5, 5.41) is 19.6. The topological polar surface area (TPSA) is 103 Å². The number of aliphatic hydroxyl groups excluding tert-OH is 1. The number of aromatic nitrogens is 1. The molecule has 23 heavy (non-hydrogen) atoms. The Bertz CT molecular complexity index is 754. The average molecular weight is 318 g/mol. The summed E-state index contributed by atoms with van der Waals surface area (Å²) in [6.07, 6.45) is -0.950. The molecule has 1 amide bonds. The Morgan fingerprint density at radius 1 is 1.35 bits per heavy atom. The van der Waals surface area contributed by atoms with Gasteiger partial charge in [0.05, 0.1) is 19.6 Å². The number of H-pyrrole nitrogens is 1. The number of hydrogen-bond acceptors (Lipinski definition) is 4. The maximum absolute atomic E-state index is 12.6. The number of nitrogens with one attached hydrogen (secondary N) is 1. The molecule has 1 aromatic carbocycles. The molecule has 7 nitrogen and oxygen atoms in total. The lowest BCUT2D eigenvalue weighted by Crippen LogP contribution is -2.29. The molecule has 2 atom stereocenters. The number of aliphatic carboxylic acids is 1. The molecule has 3 rings (SSSR count). The van der Waals surface area contributed by atoms with Gasteiger partial charge in [-0.15, -0.1) is 0 Å². The van der Waals surface area contributed by atoms with Crippen LogP contribution in [-0.4, -0.2) is 58.3 Å². The van der Waals surface area contributed by atoms with Crippen molar-refractivity contribution in [3.05, 3.63) is 30.0 Å². The van der Waals surface area contributed by atoms with Crippen LogP contribution in [0.3, 0.4) is 0 Å². The molecular weight excluding hydrogens is 300 g/mol. The third-order valence-corrected chi connectivity index (χ3v) is 4.19. The van der Waals surface area contributed by atoms with Gasteiger partial charge in [-0.3, -0.25) is 9.59 Å². The second-order valence-electron chi connectivity index (χ2n) is 5.77. The molecule has 0 unspecified atom stereocenters. The van der Waals surface area contributed by atoms with E-state index in [0.717, 1.165) is 10.9 Å². The molecule has 2 aromatic rings. The predicted octanol–water partition coefficient (Wildman–Crippen LogP) is 1.08. The van der Waals surface area contributed by atoms with Crippen molar-refractivity contribution < 1.29 is 24.5 Å². The Labute approximate surface area is 132 Å². The first-order chi connectivity index (χ1) is 11.0. The number of nitrogens with zero attached hydrogens (tertiary/aromatic N) is 1. The number of benzene rings is 1. The van der Waals surface area contributed by atoms with E-state index in [2.05, 4.69) is 4.98 Å². The largest absolute Gasteiger partial charge is 0.497 e. The molecule has 0 radical (unpaired) electrons. The minimum absolute atomic E-state index is 0.144. The minimum atomic E-state index is -0.971. The van der Waals surface area contributed by atoms with Crippen molar-refractivity contribution in [3.63, 3.8) is 0 Å². The van der Waals surface area contributed by atoms with Crippen molar-refractivity contribution in [2.45, 2.75) is 12.5 Å². The molecule has 0 bridgehead atoms. The third kappa shape index (κ3) is 3.00. The fourth-order valence-electron chi connectivity index (χ4n) is 2.97. The van der Waals surface area contributed by atoms with E-state index in [1.165, 1.54) is 4.90 Å². The Kier molecular flexibility index (Phi) is 3.96. The van der Waals surface area contributed by atoms with Gasteiger partial charge in [-0.1, -0.05) is 0 Å². The quantitative estimate of drug-likeness (QED) is 0.783. The normalized spacial score (nSPS) is 20.9. The molecule has 1 aromatic heterocycles. The predicted molar refractivity (Wildman–Crippen MR) is 82.5 cm³/mol. The molecular formula is C16H18N2O5. The molecule has 1 saturated heterocycles. The number of fused-ring (bicyclic) bond motifs is 1. The van der Waals surface area contributed by atoms with Gasteiger partial charge >= 0.3 is 5.97 Å². The number of aromatic amines is 1. The van der Waals surface area contributed by atoms with E-state index in [-0.39, 0.29) is 25.4 Å². The average Bonchev–Trinajstić information content (AvgIpc) is 3.09. The molecule has 122 valence electrons. The van der Waals surface area contributed by atoms with Crippen molar-refractivity contribution in [1.82, 2.24) is 9.88 Å². The van der Waals surface area contributed by atoms with Crippen LogP contribution in [0.15, 0.2) is 24.3 Å². The first-order valence-electron chi connectivity index (χ1n) is 7.34. The van der Waals surface area contributed by atoms with Gasteiger partial charge in [0.2, 0.25) is 0 Å². The van der Waals surface area contributed by atoms with Gasteiger partial charge in [0.1, 0.15) is 11.4 Å². The first kappa shape index (κ1) is 15.4. The van der Waals surface area contributed by atoms with Gasteiger partial charge in [-0.05, 0) is 24.3 Å². The summed E-state index contributed by atoms with van der Waals surface area (Å²) in [7, 11) is 1.58. The van der Waals surface area contributed by atoms with Crippen LogP contribution in [0.4, 0.5) is 0 Å². The second kappa shape index (κ2) is 5.92. The van der Waals surface area contributed by atoms with Crippen LogP contribution in [0.2, 0.25) is 0 Å². The molecule has 0 saturated carbocycles. The number of methoxy groups -OCH3 is 1. The maximum Gasteiger partial charge on any atom is 0.303 e. The molecule has 3 N–H and O–H groups in total. The van der Waals surface area contributed by atoms with E-state index in [1.807, 2.05) is 12.1 Å². The number of carboxylic acids is 1. The second-order valence-corrected chi connectivity index (χ2v) is 5.77. The smallest absolute Gasteiger partial charge is 0.303 e. The highest BCUT2D eigenvalue weighted by Gasteiger charge is 2.35. The number of β-amino-alcohol motifs (C(OH)–C–C–N with tert-alkyl or cyclic N) is 1. The minimum Gasteiger partial charge on any atom is -0.497 e. The number of likely N-dealkylation sites (tertiary alicyclic amines) is 1. The van der Waals surface area contributed by atoms with Crippen molar-refractivity contribution >= 4 is 22.8 Å². The van der Waals surface area contributed by atoms with Crippen LogP contribution < -0.4 is 4.74 Å².